The molecule has 6 heteroatoms. The molecule has 0 unspecified atom stereocenters. The Morgan fingerprint density at radius 3 is 1.71 bits per heavy atom. The van der Waals surface area contributed by atoms with E-state index >= 15 is 0 Å². The first kappa shape index (κ1) is 21.5. The fourth-order valence-electron chi connectivity index (χ4n) is 1.94. The normalized spacial score (nSPS) is 11.8. The highest BCUT2D eigenvalue weighted by atomic mass is 31.2. The molecule has 0 amide bonds. The maximum Gasteiger partial charge on any atom is 0.446 e. The minimum absolute atomic E-state index is 0.305. The Hall–Kier alpha value is -0.550. The molecule has 1 aromatic carbocycles. The summed E-state index contributed by atoms with van der Waals surface area (Å²) in [4.78, 5) is 10.8. The number of unbranched alkanes of at least 4 members (excludes halogenated alkanes) is 2. The second-order valence-corrected chi connectivity index (χ2v) is 7.53. The van der Waals surface area contributed by atoms with E-state index in [1.54, 1.807) is 0 Å². The molecular weight excluding hydrogens is 327 g/mol. The van der Waals surface area contributed by atoms with Crippen molar-refractivity contribution in [2.24, 2.45) is 0 Å². The molecule has 0 saturated heterocycles. The zero-order valence-electron chi connectivity index (χ0n) is 15.0. The summed E-state index contributed by atoms with van der Waals surface area (Å²) in [5.41, 5.74) is 0. The van der Waals surface area contributed by atoms with Crippen molar-refractivity contribution >= 4 is 13.2 Å². The van der Waals surface area contributed by atoms with Crippen molar-refractivity contribution in [3.63, 3.8) is 0 Å². The molecule has 0 aliphatic carbocycles. The van der Waals surface area contributed by atoms with Gasteiger partial charge in [-0.15, -0.1) is 0 Å². The van der Waals surface area contributed by atoms with Gasteiger partial charge in [0.25, 0.3) is 0 Å². The first-order valence-corrected chi connectivity index (χ1v) is 10.4. The number of rotatable bonds is 15. The van der Waals surface area contributed by atoms with E-state index in [1.165, 1.54) is 0 Å². The molecule has 5 nitrogen and oxygen atoms in total. The fourth-order valence-corrected chi connectivity index (χ4v) is 3.51. The van der Waals surface area contributed by atoms with E-state index in [0.717, 1.165) is 25.7 Å². The van der Waals surface area contributed by atoms with Gasteiger partial charge in [0.2, 0.25) is 0 Å². The third-order valence-corrected chi connectivity index (χ3v) is 5.37. The van der Waals surface area contributed by atoms with Crippen LogP contribution in [0.4, 0.5) is 0 Å². The molecule has 0 bridgehead atoms. The van der Waals surface area contributed by atoms with Gasteiger partial charge < -0.3 is 9.47 Å². The first-order chi connectivity index (χ1) is 11.7. The average Bonchev–Trinajstić information content (AvgIpc) is 2.62. The van der Waals surface area contributed by atoms with Crippen molar-refractivity contribution in [3.8, 4) is 0 Å². The number of hydrogen-bond acceptors (Lipinski definition) is 5. The minimum Gasteiger partial charge on any atom is -0.379 e. The Kier molecular flexibility index (Phi) is 12.3. The van der Waals surface area contributed by atoms with E-state index < -0.39 is 7.94 Å². The van der Waals surface area contributed by atoms with Gasteiger partial charge in [0, 0.05) is 13.2 Å². The maximum atomic E-state index is 10.8. The van der Waals surface area contributed by atoms with Crippen LogP contribution >= 0.6 is 7.94 Å². The van der Waals surface area contributed by atoms with Gasteiger partial charge in [-0.1, -0.05) is 44.9 Å². The molecule has 1 aromatic rings. The van der Waals surface area contributed by atoms with Gasteiger partial charge in [-0.25, -0.2) is 0 Å². The maximum absolute atomic E-state index is 10.8. The summed E-state index contributed by atoms with van der Waals surface area (Å²) >= 11 is 0. The summed E-state index contributed by atoms with van der Waals surface area (Å²) in [5, 5.41) is 0.673. The molecule has 138 valence electrons. The molecule has 24 heavy (non-hydrogen) atoms. The summed E-state index contributed by atoms with van der Waals surface area (Å²) in [7, 11) is -3.09. The lowest BCUT2D eigenvalue weighted by Gasteiger charge is -2.17. The third-order valence-electron chi connectivity index (χ3n) is 3.35. The van der Waals surface area contributed by atoms with Crippen LogP contribution in [0.3, 0.4) is 0 Å². The molecule has 1 rings (SSSR count). The van der Waals surface area contributed by atoms with Crippen molar-refractivity contribution in [2.45, 2.75) is 39.5 Å². The van der Waals surface area contributed by atoms with Crippen LogP contribution < -0.4 is 5.30 Å². The second-order valence-electron chi connectivity index (χ2n) is 5.45. The first-order valence-electron chi connectivity index (χ1n) is 8.85. The van der Waals surface area contributed by atoms with Crippen molar-refractivity contribution in [1.29, 1.82) is 0 Å². The zero-order valence-corrected chi connectivity index (χ0v) is 15.9. The Labute approximate surface area is 146 Å². The van der Waals surface area contributed by atoms with Crippen LogP contribution in [0.15, 0.2) is 30.3 Å². The van der Waals surface area contributed by atoms with Crippen LogP contribution in [0, 0.1) is 0 Å². The van der Waals surface area contributed by atoms with Crippen molar-refractivity contribution < 1.29 is 23.4 Å². The van der Waals surface area contributed by atoms with Crippen LogP contribution in [0.2, 0.25) is 0 Å². The highest BCUT2D eigenvalue weighted by Gasteiger charge is 2.44. The van der Waals surface area contributed by atoms with E-state index in [2.05, 4.69) is 13.8 Å². The van der Waals surface area contributed by atoms with Gasteiger partial charge in [0.1, 0.15) is 13.2 Å². The van der Waals surface area contributed by atoms with Gasteiger partial charge in [-0.05, 0) is 25.0 Å². The van der Waals surface area contributed by atoms with Gasteiger partial charge in [0.05, 0.1) is 13.2 Å². The summed E-state index contributed by atoms with van der Waals surface area (Å²) < 4.78 is 22.3. The van der Waals surface area contributed by atoms with Crippen LogP contribution in [-0.4, -0.2) is 44.5 Å². The fraction of sp³-hybridized carbons (Fsp3) is 0.667. The molecular formula is C18H32O5P+. The van der Waals surface area contributed by atoms with Gasteiger partial charge in [-0.2, -0.15) is 13.9 Å². The topological polar surface area (TPSA) is 57.2 Å². The quantitative estimate of drug-likeness (QED) is 0.382. The molecule has 0 aromatic heterocycles. The Morgan fingerprint density at radius 1 is 0.750 bits per heavy atom. The highest BCUT2D eigenvalue weighted by molar-refractivity contribution is 7.68. The van der Waals surface area contributed by atoms with E-state index in [9.17, 15) is 4.89 Å². The summed E-state index contributed by atoms with van der Waals surface area (Å²) in [5.74, 6) is 0. The van der Waals surface area contributed by atoms with E-state index in [4.69, 9.17) is 18.5 Å². The van der Waals surface area contributed by atoms with Crippen LogP contribution in [0.25, 0.3) is 0 Å². The minimum atomic E-state index is -3.09. The molecule has 1 N–H and O–H groups in total. The van der Waals surface area contributed by atoms with Crippen molar-refractivity contribution in [2.75, 3.05) is 39.6 Å². The lowest BCUT2D eigenvalue weighted by atomic mass is 10.4. The molecule has 0 spiro atoms. The molecule has 0 aliphatic heterocycles. The van der Waals surface area contributed by atoms with Gasteiger partial charge >= 0.3 is 7.94 Å². The number of benzene rings is 1. The van der Waals surface area contributed by atoms with E-state index in [0.29, 0.717) is 44.9 Å². The standard InChI is InChI=1S/C18H32O5P/c1-3-5-12-20-14-16-22-24(19,18-10-8-7-9-11-18)23-17-15-21-13-6-4-2/h7-11,19H,3-6,12-17H2,1-2H3/q+1. The van der Waals surface area contributed by atoms with Crippen molar-refractivity contribution in [1.82, 2.24) is 0 Å². The predicted molar refractivity (Wildman–Crippen MR) is 98.6 cm³/mol. The van der Waals surface area contributed by atoms with Gasteiger partial charge in [-0.3, -0.25) is 0 Å². The summed E-state index contributed by atoms with van der Waals surface area (Å²) in [6, 6.07) is 9.27. The average molecular weight is 359 g/mol. The molecule has 0 saturated carbocycles. The number of ether oxygens (including phenoxy) is 2. The smallest absolute Gasteiger partial charge is 0.379 e. The molecule has 0 atom stereocenters. The Balaban J connectivity index is 2.42. The summed E-state index contributed by atoms with van der Waals surface area (Å²) in [6.07, 6.45) is 4.26. The van der Waals surface area contributed by atoms with Crippen LogP contribution in [0.5, 0.6) is 0 Å². The molecule has 0 heterocycles. The third kappa shape index (κ3) is 9.07. The predicted octanol–water partition coefficient (Wildman–Crippen LogP) is 3.73. The molecule has 0 fully saturated rings. The molecule has 0 aliphatic rings. The zero-order chi connectivity index (χ0) is 17.5. The Morgan fingerprint density at radius 2 is 1.25 bits per heavy atom. The van der Waals surface area contributed by atoms with Gasteiger partial charge in [0.15, 0.2) is 5.30 Å². The molecule has 0 radical (unpaired) electrons. The number of hydrogen-bond donors (Lipinski definition) is 1. The lowest BCUT2D eigenvalue weighted by Crippen LogP contribution is -2.20. The summed E-state index contributed by atoms with van der Waals surface area (Å²) in [6.45, 7) is 7.19. The van der Waals surface area contributed by atoms with Crippen LogP contribution in [-0.2, 0) is 18.5 Å². The monoisotopic (exact) mass is 359 g/mol. The van der Waals surface area contributed by atoms with E-state index in [-0.39, 0.29) is 0 Å². The lowest BCUT2D eigenvalue weighted by molar-refractivity contribution is 0.0672. The highest BCUT2D eigenvalue weighted by Crippen LogP contribution is 2.55. The van der Waals surface area contributed by atoms with Crippen LogP contribution in [0.1, 0.15) is 39.5 Å². The largest absolute Gasteiger partial charge is 0.446 e. The van der Waals surface area contributed by atoms with Crippen molar-refractivity contribution in [3.05, 3.63) is 30.3 Å². The second kappa shape index (κ2) is 13.7. The Bertz CT molecular complexity index is 386. The van der Waals surface area contributed by atoms with E-state index in [1.807, 2.05) is 30.3 Å². The SMILES string of the molecule is CCCCOCCO[P+](O)(OCCOCCCC)c1ccccc1.